The smallest absolute Gasteiger partial charge is 0.339 e. The van der Waals surface area contributed by atoms with E-state index in [1.807, 2.05) is 0 Å². The third-order valence-electron chi connectivity index (χ3n) is 3.27. The molecule has 2 rings (SSSR count). The second-order valence-corrected chi connectivity index (χ2v) is 4.77. The van der Waals surface area contributed by atoms with Crippen molar-refractivity contribution in [3.8, 4) is 0 Å². The molecule has 7 nitrogen and oxygen atoms in total. The molecule has 0 N–H and O–H groups in total. The van der Waals surface area contributed by atoms with Crippen LogP contribution in [-0.4, -0.2) is 16.9 Å². The summed E-state index contributed by atoms with van der Waals surface area (Å²) < 4.78 is 40.0. The molecule has 0 spiro atoms. The molecule has 0 aliphatic carbocycles. The quantitative estimate of drug-likeness (QED) is 0.611. The Morgan fingerprint density at radius 2 is 1.58 bits per heavy atom. The summed E-state index contributed by atoms with van der Waals surface area (Å²) in [5.41, 5.74) is -3.94. The van der Waals surface area contributed by atoms with Crippen molar-refractivity contribution in [2.24, 2.45) is 0 Å². The van der Waals surface area contributed by atoms with Gasteiger partial charge in [0.05, 0.1) is 21.5 Å². The predicted molar refractivity (Wildman–Crippen MR) is 79.3 cm³/mol. The van der Waals surface area contributed by atoms with Crippen molar-refractivity contribution in [1.29, 1.82) is 0 Å². The van der Waals surface area contributed by atoms with Gasteiger partial charge in [-0.25, -0.2) is 0 Å². The summed E-state index contributed by atoms with van der Waals surface area (Å²) in [4.78, 5) is 20.8. The Balaban J connectivity index is 2.81. The fraction of sp³-hybridized carbons (Fsp3) is 0.143. The monoisotopic (exact) mass is 341 g/mol. The Hall–Kier alpha value is -3.17. The van der Waals surface area contributed by atoms with E-state index in [0.717, 1.165) is 4.90 Å². The minimum absolute atomic E-state index is 0.264. The van der Waals surface area contributed by atoms with Crippen LogP contribution >= 0.6 is 0 Å². The van der Waals surface area contributed by atoms with Gasteiger partial charge in [-0.3, -0.25) is 20.2 Å². The van der Waals surface area contributed by atoms with Gasteiger partial charge in [0.2, 0.25) is 0 Å². The summed E-state index contributed by atoms with van der Waals surface area (Å²) in [6, 6.07) is 8.47. The zero-order chi connectivity index (χ0) is 18.1. The number of nitro groups is 2. The summed E-state index contributed by atoms with van der Waals surface area (Å²) in [7, 11) is 1.22. The van der Waals surface area contributed by atoms with E-state index in [4.69, 9.17) is 0 Å². The molecule has 0 radical (unpaired) electrons. The number of rotatable bonds is 4. The van der Waals surface area contributed by atoms with Gasteiger partial charge >= 0.3 is 6.18 Å². The van der Waals surface area contributed by atoms with Gasteiger partial charge in [0.25, 0.3) is 11.4 Å². The topological polar surface area (TPSA) is 89.5 Å². The van der Waals surface area contributed by atoms with Gasteiger partial charge in [-0.2, -0.15) is 13.2 Å². The molecular weight excluding hydrogens is 331 g/mol. The number of nitrogens with zero attached hydrogens (tertiary/aromatic N) is 3. The lowest BCUT2D eigenvalue weighted by Gasteiger charge is -2.23. The van der Waals surface area contributed by atoms with Crippen molar-refractivity contribution >= 4 is 22.7 Å². The standard InChI is InChI=1S/C14H10F3N3O4/c1-18(9-5-3-2-4-6-9)13-11(14(15,16)17)7-10(19(21)22)8-12(13)20(23)24/h2-8H,1H3. The van der Waals surface area contributed by atoms with Crippen LogP contribution in [0.5, 0.6) is 0 Å². The van der Waals surface area contributed by atoms with Gasteiger partial charge in [-0.1, -0.05) is 18.2 Å². The van der Waals surface area contributed by atoms with E-state index in [-0.39, 0.29) is 5.69 Å². The normalized spacial score (nSPS) is 11.2. The molecule has 0 saturated carbocycles. The van der Waals surface area contributed by atoms with Gasteiger partial charge in [0, 0.05) is 18.8 Å². The molecule has 24 heavy (non-hydrogen) atoms. The molecule has 2 aromatic carbocycles. The molecule has 0 aromatic heterocycles. The van der Waals surface area contributed by atoms with Crippen molar-refractivity contribution in [1.82, 2.24) is 0 Å². The lowest BCUT2D eigenvalue weighted by molar-refractivity contribution is -0.394. The van der Waals surface area contributed by atoms with Crippen LogP contribution in [-0.2, 0) is 6.18 Å². The van der Waals surface area contributed by atoms with Crippen LogP contribution in [0.3, 0.4) is 0 Å². The predicted octanol–water partition coefficient (Wildman–Crippen LogP) is 4.29. The Morgan fingerprint density at radius 3 is 2.04 bits per heavy atom. The van der Waals surface area contributed by atoms with Crippen LogP contribution in [0.15, 0.2) is 42.5 Å². The highest BCUT2D eigenvalue weighted by Crippen LogP contribution is 2.45. The van der Waals surface area contributed by atoms with Crippen LogP contribution in [0.25, 0.3) is 0 Å². The molecule has 0 aliphatic rings. The zero-order valence-electron chi connectivity index (χ0n) is 12.1. The molecule has 10 heteroatoms. The van der Waals surface area contributed by atoms with E-state index < -0.39 is 38.6 Å². The number of non-ortho nitro benzene ring substituents is 1. The molecule has 0 unspecified atom stereocenters. The van der Waals surface area contributed by atoms with Crippen LogP contribution in [0.1, 0.15) is 5.56 Å². The number of hydrogen-bond acceptors (Lipinski definition) is 5. The van der Waals surface area contributed by atoms with E-state index in [1.54, 1.807) is 18.2 Å². The SMILES string of the molecule is CN(c1ccccc1)c1c([N+](=O)[O-])cc([N+](=O)[O-])cc1C(F)(F)F. The Labute approximate surface area is 133 Å². The molecule has 0 atom stereocenters. The first-order chi connectivity index (χ1) is 11.1. The molecule has 0 amide bonds. The van der Waals surface area contributed by atoms with Crippen molar-refractivity contribution in [3.05, 3.63) is 68.3 Å². The molecular formula is C14H10F3N3O4. The number of hydrogen-bond donors (Lipinski definition) is 0. The van der Waals surface area contributed by atoms with Gasteiger partial charge in [-0.15, -0.1) is 0 Å². The zero-order valence-corrected chi connectivity index (χ0v) is 12.1. The molecule has 0 saturated heterocycles. The number of halogens is 3. The first kappa shape index (κ1) is 17.2. The van der Waals surface area contributed by atoms with Crippen molar-refractivity contribution in [2.45, 2.75) is 6.18 Å². The van der Waals surface area contributed by atoms with E-state index >= 15 is 0 Å². The van der Waals surface area contributed by atoms with Crippen LogP contribution in [0.2, 0.25) is 0 Å². The van der Waals surface area contributed by atoms with E-state index in [9.17, 15) is 33.4 Å². The van der Waals surface area contributed by atoms with Gasteiger partial charge < -0.3 is 4.90 Å². The third kappa shape index (κ3) is 3.26. The molecule has 2 aromatic rings. The second-order valence-electron chi connectivity index (χ2n) is 4.77. The number of nitro benzene ring substituents is 2. The lowest BCUT2D eigenvalue weighted by Crippen LogP contribution is -2.18. The lowest BCUT2D eigenvalue weighted by atomic mass is 10.1. The largest absolute Gasteiger partial charge is 0.418 e. The number of para-hydroxylation sites is 1. The van der Waals surface area contributed by atoms with Crippen LogP contribution in [0, 0.1) is 20.2 Å². The third-order valence-corrected chi connectivity index (χ3v) is 3.27. The van der Waals surface area contributed by atoms with Crippen molar-refractivity contribution in [3.63, 3.8) is 0 Å². The highest BCUT2D eigenvalue weighted by atomic mass is 19.4. The Kier molecular flexibility index (Phi) is 4.40. The fourth-order valence-corrected chi connectivity index (χ4v) is 2.20. The maximum absolute atomic E-state index is 13.3. The highest BCUT2D eigenvalue weighted by molar-refractivity contribution is 5.77. The molecule has 0 fully saturated rings. The number of alkyl halides is 3. The Morgan fingerprint density at radius 1 is 1.00 bits per heavy atom. The van der Waals surface area contributed by atoms with Crippen LogP contribution in [0.4, 0.5) is 35.9 Å². The molecule has 126 valence electrons. The maximum Gasteiger partial charge on any atom is 0.418 e. The number of benzene rings is 2. The maximum atomic E-state index is 13.3. The minimum Gasteiger partial charge on any atom is -0.339 e. The average Bonchev–Trinajstić information content (AvgIpc) is 2.52. The van der Waals surface area contributed by atoms with E-state index in [1.165, 1.54) is 19.2 Å². The van der Waals surface area contributed by atoms with Gasteiger partial charge in [-0.05, 0) is 12.1 Å². The van der Waals surface area contributed by atoms with Crippen molar-refractivity contribution in [2.75, 3.05) is 11.9 Å². The molecule has 0 bridgehead atoms. The Bertz CT molecular complexity index is 794. The minimum atomic E-state index is -5.00. The first-order valence-electron chi connectivity index (χ1n) is 6.45. The van der Waals surface area contributed by atoms with E-state index in [2.05, 4.69) is 0 Å². The number of anilines is 2. The summed E-state index contributed by atoms with van der Waals surface area (Å²) in [6.07, 6.45) is -5.00. The van der Waals surface area contributed by atoms with Gasteiger partial charge in [0.1, 0.15) is 5.69 Å². The fourth-order valence-electron chi connectivity index (χ4n) is 2.20. The van der Waals surface area contributed by atoms with Crippen LogP contribution < -0.4 is 4.90 Å². The molecule has 0 heterocycles. The summed E-state index contributed by atoms with van der Waals surface area (Å²) in [5, 5.41) is 22.0. The van der Waals surface area contributed by atoms with Gasteiger partial charge in [0.15, 0.2) is 0 Å². The first-order valence-corrected chi connectivity index (χ1v) is 6.45. The summed E-state index contributed by atoms with van der Waals surface area (Å²) in [5.74, 6) is 0. The molecule has 0 aliphatic heterocycles. The summed E-state index contributed by atoms with van der Waals surface area (Å²) in [6.45, 7) is 0. The highest BCUT2D eigenvalue weighted by Gasteiger charge is 2.41. The average molecular weight is 341 g/mol. The van der Waals surface area contributed by atoms with E-state index in [0.29, 0.717) is 12.1 Å². The summed E-state index contributed by atoms with van der Waals surface area (Å²) >= 11 is 0. The van der Waals surface area contributed by atoms with Crippen molar-refractivity contribution < 1.29 is 23.0 Å². The second kappa shape index (κ2) is 6.14.